The van der Waals surface area contributed by atoms with Gasteiger partial charge in [0.05, 0.1) is 45.9 Å². The molecule has 3 aliphatic rings. The number of pyridine rings is 1. The summed E-state index contributed by atoms with van der Waals surface area (Å²) in [6.07, 6.45) is 2.98. The van der Waals surface area contributed by atoms with Gasteiger partial charge in [0.1, 0.15) is 5.82 Å². The number of ether oxygens (including phenoxy) is 1. The Morgan fingerprint density at radius 3 is 2.63 bits per heavy atom. The van der Waals surface area contributed by atoms with Crippen LogP contribution in [0.5, 0.6) is 0 Å². The van der Waals surface area contributed by atoms with Gasteiger partial charge in [-0.25, -0.2) is 4.39 Å². The van der Waals surface area contributed by atoms with E-state index in [9.17, 15) is 18.8 Å². The van der Waals surface area contributed by atoms with Crippen LogP contribution in [0.15, 0.2) is 60.7 Å². The van der Waals surface area contributed by atoms with E-state index in [0.29, 0.717) is 39.5 Å². The Morgan fingerprint density at radius 1 is 1.07 bits per heavy atom. The fourth-order valence-electron chi connectivity index (χ4n) is 6.79. The van der Waals surface area contributed by atoms with Crippen LogP contribution in [-0.4, -0.2) is 45.8 Å². The van der Waals surface area contributed by atoms with E-state index in [2.05, 4.69) is 11.4 Å². The summed E-state index contributed by atoms with van der Waals surface area (Å²) in [7, 11) is 0. The largest absolute Gasteiger partial charge is 0.425 e. The molecule has 0 radical (unpaired) electrons. The first kappa shape index (κ1) is 29.7. The normalized spacial score (nSPS) is 17.8. The second-order valence-corrected chi connectivity index (χ2v) is 12.8. The second-order valence-electron chi connectivity index (χ2n) is 11.7. The molecule has 2 aliphatic heterocycles. The highest BCUT2D eigenvalue weighted by Crippen LogP contribution is 2.47. The molecule has 0 bridgehead atoms. The fraction of sp³-hybridized carbons (Fsp3) is 0.257. The predicted molar refractivity (Wildman–Crippen MR) is 171 cm³/mol. The Balaban J connectivity index is 1.33. The number of hydrogen-bond acceptors (Lipinski definition) is 8. The van der Waals surface area contributed by atoms with Crippen LogP contribution in [0.4, 0.5) is 4.39 Å². The summed E-state index contributed by atoms with van der Waals surface area (Å²) in [4.78, 5) is 48.5. The van der Waals surface area contributed by atoms with Crippen molar-refractivity contribution < 1.29 is 23.5 Å². The van der Waals surface area contributed by atoms with E-state index in [1.807, 2.05) is 18.2 Å². The standard InChI is InChI=1S/C35H30FN5O4S/c1-18(37)45-33(38)29-24(17-26(42)20-8-11-21(36)12-9-20)39-32-25-7-4-16-41(25)35(44)31(32)30(29)27-14-15-28(46-27)34(43)40-23-13-10-19-5-2-3-6-22(19)23/h2-3,5-6,8-9,11-12,14-15,23,25,37-38H,4,7,10,13,16-17H2,1H3,(H,40,43)/t23-,25+/m1/s1. The maximum Gasteiger partial charge on any atom is 0.261 e. The van der Waals surface area contributed by atoms with Crippen LogP contribution >= 0.6 is 11.3 Å². The number of rotatable bonds is 7. The number of aromatic nitrogens is 1. The van der Waals surface area contributed by atoms with Crippen LogP contribution in [0.2, 0.25) is 0 Å². The lowest BCUT2D eigenvalue weighted by Gasteiger charge is -2.18. The monoisotopic (exact) mass is 635 g/mol. The van der Waals surface area contributed by atoms with Gasteiger partial charge in [0.2, 0.25) is 5.90 Å². The molecule has 1 saturated heterocycles. The molecule has 9 nitrogen and oxygen atoms in total. The molecule has 232 valence electrons. The summed E-state index contributed by atoms with van der Waals surface area (Å²) in [6, 6.07) is 16.3. The minimum atomic E-state index is -0.471. The maximum absolute atomic E-state index is 13.9. The van der Waals surface area contributed by atoms with Crippen molar-refractivity contribution in [2.24, 2.45) is 0 Å². The molecule has 3 N–H and O–H groups in total. The SMILES string of the molecule is CC(=N)OC(=N)c1c(CC(=O)c2ccc(F)cc2)nc2c(c1-c1ccc(C(=O)N[C@@H]3CCc4ccccc43)s1)C(=O)N1CCC[C@@H]21. The van der Waals surface area contributed by atoms with Crippen molar-refractivity contribution in [1.29, 1.82) is 10.8 Å². The van der Waals surface area contributed by atoms with E-state index < -0.39 is 11.7 Å². The number of carbonyl (C=O) groups is 3. The highest BCUT2D eigenvalue weighted by Gasteiger charge is 2.45. The van der Waals surface area contributed by atoms with Crippen LogP contribution in [0.25, 0.3) is 10.4 Å². The third-order valence-electron chi connectivity index (χ3n) is 8.83. The molecular formula is C35H30FN5O4S. The molecule has 11 heteroatoms. The van der Waals surface area contributed by atoms with E-state index in [-0.39, 0.29) is 58.8 Å². The van der Waals surface area contributed by atoms with E-state index in [1.165, 1.54) is 48.1 Å². The Morgan fingerprint density at radius 2 is 1.85 bits per heavy atom. The van der Waals surface area contributed by atoms with E-state index in [0.717, 1.165) is 24.8 Å². The number of benzene rings is 2. The maximum atomic E-state index is 13.9. The molecule has 0 saturated carbocycles. The topological polar surface area (TPSA) is 136 Å². The molecule has 1 fully saturated rings. The molecule has 46 heavy (non-hydrogen) atoms. The first-order chi connectivity index (χ1) is 22.2. The van der Waals surface area contributed by atoms with Crippen molar-refractivity contribution in [1.82, 2.24) is 15.2 Å². The quantitative estimate of drug-likeness (QED) is 0.122. The van der Waals surface area contributed by atoms with Crippen molar-refractivity contribution >= 4 is 40.7 Å². The van der Waals surface area contributed by atoms with E-state index in [4.69, 9.17) is 20.5 Å². The molecule has 0 spiro atoms. The molecular weight excluding hydrogens is 605 g/mol. The number of nitrogens with zero attached hydrogens (tertiary/aromatic N) is 2. The molecule has 2 atom stereocenters. The Bertz CT molecular complexity index is 1950. The van der Waals surface area contributed by atoms with Gasteiger partial charge in [0.25, 0.3) is 11.8 Å². The van der Waals surface area contributed by atoms with Gasteiger partial charge in [-0.15, -0.1) is 11.3 Å². The minimum absolute atomic E-state index is 0.107. The average Bonchev–Trinajstić information content (AvgIpc) is 3.83. The van der Waals surface area contributed by atoms with Gasteiger partial charge in [-0.1, -0.05) is 24.3 Å². The third kappa shape index (κ3) is 5.20. The van der Waals surface area contributed by atoms with Crippen molar-refractivity contribution in [3.05, 3.63) is 111 Å². The van der Waals surface area contributed by atoms with Gasteiger partial charge in [-0.3, -0.25) is 30.2 Å². The first-order valence-electron chi connectivity index (χ1n) is 15.2. The number of halogens is 1. The van der Waals surface area contributed by atoms with Crippen LogP contribution in [0.3, 0.4) is 0 Å². The van der Waals surface area contributed by atoms with Crippen LogP contribution in [0, 0.1) is 16.6 Å². The first-order valence-corrected chi connectivity index (χ1v) is 16.0. The van der Waals surface area contributed by atoms with Gasteiger partial charge >= 0.3 is 0 Å². The van der Waals surface area contributed by atoms with Gasteiger partial charge < -0.3 is 15.0 Å². The van der Waals surface area contributed by atoms with Crippen LogP contribution in [0.1, 0.15) is 96.7 Å². The fourth-order valence-corrected chi connectivity index (χ4v) is 7.76. The lowest BCUT2D eigenvalue weighted by molar-refractivity contribution is 0.0775. The van der Waals surface area contributed by atoms with Gasteiger partial charge in [0, 0.05) is 29.5 Å². The van der Waals surface area contributed by atoms with Crippen molar-refractivity contribution in [2.45, 2.75) is 51.1 Å². The Hall–Kier alpha value is -5.03. The van der Waals surface area contributed by atoms with E-state index >= 15 is 0 Å². The number of ketones is 1. The Kier molecular flexibility index (Phi) is 7.56. The highest BCUT2D eigenvalue weighted by molar-refractivity contribution is 7.17. The summed E-state index contributed by atoms with van der Waals surface area (Å²) < 4.78 is 19.1. The van der Waals surface area contributed by atoms with Crippen molar-refractivity contribution in [2.75, 3.05) is 6.54 Å². The summed E-state index contributed by atoms with van der Waals surface area (Å²) in [5, 5.41) is 20.0. The van der Waals surface area contributed by atoms with Crippen LogP contribution in [-0.2, 0) is 17.6 Å². The summed E-state index contributed by atoms with van der Waals surface area (Å²) in [6.45, 7) is 1.95. The molecule has 2 amide bonds. The number of fused-ring (bicyclic) bond motifs is 4. The lowest BCUT2D eigenvalue weighted by atomic mass is 9.92. The number of hydrogen-bond donors (Lipinski definition) is 3. The molecule has 4 heterocycles. The van der Waals surface area contributed by atoms with Crippen molar-refractivity contribution in [3.63, 3.8) is 0 Å². The molecule has 1 aliphatic carbocycles. The van der Waals surface area contributed by atoms with Crippen LogP contribution < -0.4 is 5.32 Å². The summed E-state index contributed by atoms with van der Waals surface area (Å²) >= 11 is 1.19. The predicted octanol–water partition coefficient (Wildman–Crippen LogP) is 6.42. The van der Waals surface area contributed by atoms with Gasteiger partial charge in [-0.05, 0) is 73.2 Å². The molecule has 2 aromatic heterocycles. The van der Waals surface area contributed by atoms with Gasteiger partial charge in [-0.2, -0.15) is 0 Å². The van der Waals surface area contributed by atoms with Crippen molar-refractivity contribution in [3.8, 4) is 10.4 Å². The zero-order valence-electron chi connectivity index (χ0n) is 25.0. The second kappa shape index (κ2) is 11.7. The average molecular weight is 636 g/mol. The number of carbonyl (C=O) groups excluding carboxylic acids is 3. The number of thiophene rings is 1. The number of Topliss-reactive ketones (excluding diaryl/α,β-unsaturated/α-hetero) is 1. The third-order valence-corrected chi connectivity index (χ3v) is 9.94. The zero-order valence-corrected chi connectivity index (χ0v) is 25.8. The number of amides is 2. The smallest absolute Gasteiger partial charge is 0.261 e. The van der Waals surface area contributed by atoms with Gasteiger partial charge in [0.15, 0.2) is 11.7 Å². The number of nitrogens with one attached hydrogen (secondary N) is 3. The number of aryl methyl sites for hydroxylation is 1. The minimum Gasteiger partial charge on any atom is -0.425 e. The summed E-state index contributed by atoms with van der Waals surface area (Å²) in [5.74, 6) is -1.97. The molecule has 2 aromatic carbocycles. The molecule has 7 rings (SSSR count). The summed E-state index contributed by atoms with van der Waals surface area (Å²) in [5.41, 5.74) is 4.17. The molecule has 4 aromatic rings. The zero-order chi connectivity index (χ0) is 32.1. The molecule has 0 unspecified atom stereocenters. The highest BCUT2D eigenvalue weighted by atomic mass is 32.1. The Labute approximate surface area is 268 Å². The van der Waals surface area contributed by atoms with E-state index in [1.54, 1.807) is 17.0 Å². The lowest BCUT2D eigenvalue weighted by Crippen LogP contribution is -2.26.